The van der Waals surface area contributed by atoms with Crippen LogP contribution in [0, 0.1) is 17.8 Å². The Morgan fingerprint density at radius 2 is 1.89 bits per heavy atom. The highest BCUT2D eigenvalue weighted by atomic mass is 35.5. The summed E-state index contributed by atoms with van der Waals surface area (Å²) in [5.74, 6) is 5.25. The van der Waals surface area contributed by atoms with Gasteiger partial charge in [-0.2, -0.15) is 0 Å². The maximum absolute atomic E-state index is 14.1. The Bertz CT molecular complexity index is 1830. The molecule has 7 atom stereocenters. The van der Waals surface area contributed by atoms with E-state index in [1.165, 1.54) is 11.1 Å². The molecule has 1 saturated heterocycles. The standard InChI is InChI=1S/C42H59ClN4O6S/c1-29-8-6-17-42(52-4,27-45-18-19-46(20-21-51-3)39(48)25-45)36-13-10-33(36)24-47-26-41(16-7-9-31-22-34(43)12-14-35(31)41)28-53-38-15-11-32(23-37(38)47)40(49)44-54(5,50)30(29)2/h11-12,14-15,22-23,29-30,33,36H,5-10,13,16-21,24-28H2,1-4H3,(H,44,49,50)/t29-,30+,33-,36+,41-,42+,54?/m0/s1. The molecular formula is C42H59ClN4O6S. The lowest BCUT2D eigenvalue weighted by Gasteiger charge is -2.53. The molecule has 3 heterocycles. The molecule has 12 heteroatoms. The van der Waals surface area contributed by atoms with Crippen molar-refractivity contribution in [2.24, 2.45) is 17.8 Å². The predicted molar refractivity (Wildman–Crippen MR) is 216 cm³/mol. The van der Waals surface area contributed by atoms with Gasteiger partial charge in [0.25, 0.3) is 5.91 Å². The first-order valence-corrected chi connectivity index (χ1v) is 22.1. The number of nitrogens with one attached hydrogen (secondary N) is 1. The summed E-state index contributed by atoms with van der Waals surface area (Å²) in [6.45, 7) is 9.75. The van der Waals surface area contributed by atoms with Gasteiger partial charge in [0.05, 0.1) is 40.8 Å². The SMILES string of the molecule is C=S1(=O)NC(=O)c2ccc3c(c2)N(C[C@@H]2CC[C@H]2[C@@](CN2CCN(CCOC)C(=O)C2)(OC)CCC[C@H](C)[C@H]1C)C[C@@]1(CCCc2cc(Cl)ccc21)CO3. The van der Waals surface area contributed by atoms with Crippen molar-refractivity contribution >= 4 is 44.7 Å². The first-order chi connectivity index (χ1) is 25.9. The van der Waals surface area contributed by atoms with Gasteiger partial charge in [-0.3, -0.25) is 19.2 Å². The van der Waals surface area contributed by atoms with Crippen LogP contribution < -0.4 is 14.4 Å². The lowest BCUT2D eigenvalue weighted by molar-refractivity contribution is -0.148. The molecule has 1 unspecified atom stereocenters. The van der Waals surface area contributed by atoms with Crippen molar-refractivity contribution in [3.8, 4) is 5.75 Å². The van der Waals surface area contributed by atoms with Gasteiger partial charge in [0.2, 0.25) is 5.91 Å². The Morgan fingerprint density at radius 3 is 2.63 bits per heavy atom. The number of ether oxygens (including phenoxy) is 3. The zero-order chi connectivity index (χ0) is 38.3. The summed E-state index contributed by atoms with van der Waals surface area (Å²) >= 11 is 6.51. The zero-order valence-corrected chi connectivity index (χ0v) is 34.2. The quantitative estimate of drug-likeness (QED) is 0.380. The predicted octanol–water partition coefficient (Wildman–Crippen LogP) is 5.58. The van der Waals surface area contributed by atoms with Gasteiger partial charge < -0.3 is 24.0 Å². The molecule has 296 valence electrons. The van der Waals surface area contributed by atoms with Gasteiger partial charge in [-0.1, -0.05) is 31.0 Å². The van der Waals surface area contributed by atoms with Crippen molar-refractivity contribution in [3.63, 3.8) is 0 Å². The second kappa shape index (κ2) is 16.0. The normalized spacial score (nSPS) is 33.6. The van der Waals surface area contributed by atoms with Crippen molar-refractivity contribution in [1.29, 1.82) is 0 Å². The van der Waals surface area contributed by atoms with Crippen LogP contribution in [0.1, 0.15) is 80.3 Å². The second-order valence-electron chi connectivity index (χ2n) is 16.8. The fraction of sp³-hybridized carbons (Fsp3) is 0.643. The molecule has 2 bridgehead atoms. The lowest BCUT2D eigenvalue weighted by Crippen LogP contribution is -2.60. The van der Waals surface area contributed by atoms with E-state index in [0.29, 0.717) is 50.9 Å². The van der Waals surface area contributed by atoms with E-state index in [0.717, 1.165) is 87.5 Å². The maximum Gasteiger partial charge on any atom is 0.262 e. The number of fused-ring (bicyclic) bond motifs is 4. The highest BCUT2D eigenvalue weighted by Gasteiger charge is 2.51. The summed E-state index contributed by atoms with van der Waals surface area (Å²) in [7, 11) is 0.559. The van der Waals surface area contributed by atoms with Gasteiger partial charge in [0.1, 0.15) is 5.75 Å². The van der Waals surface area contributed by atoms with E-state index in [1.807, 2.05) is 37.1 Å². The Hall–Kier alpha value is -2.83. The second-order valence-corrected chi connectivity index (χ2v) is 19.7. The van der Waals surface area contributed by atoms with Crippen LogP contribution in [0.5, 0.6) is 5.75 Å². The van der Waals surface area contributed by atoms with Gasteiger partial charge in [-0.15, -0.1) is 0 Å². The van der Waals surface area contributed by atoms with E-state index in [-0.39, 0.29) is 34.3 Å². The van der Waals surface area contributed by atoms with Crippen LogP contribution in [-0.4, -0.2) is 116 Å². The molecule has 2 aromatic carbocycles. The smallest absolute Gasteiger partial charge is 0.262 e. The first kappa shape index (κ1) is 39.4. The van der Waals surface area contributed by atoms with E-state index in [9.17, 15) is 13.8 Å². The molecule has 2 aliphatic carbocycles. The van der Waals surface area contributed by atoms with E-state index in [1.54, 1.807) is 13.2 Å². The number of piperazine rings is 1. The minimum atomic E-state index is -2.97. The Labute approximate surface area is 327 Å². The molecule has 2 fully saturated rings. The number of aryl methyl sites for hydroxylation is 1. The number of halogens is 1. The van der Waals surface area contributed by atoms with Crippen molar-refractivity contribution in [1.82, 2.24) is 14.5 Å². The van der Waals surface area contributed by atoms with Crippen molar-refractivity contribution in [2.75, 3.05) is 78.1 Å². The molecule has 1 saturated carbocycles. The summed E-state index contributed by atoms with van der Waals surface area (Å²) in [5.41, 5.74) is 3.19. The molecule has 2 amide bonds. The number of methoxy groups -OCH3 is 2. The van der Waals surface area contributed by atoms with Crippen molar-refractivity contribution < 1.29 is 28.0 Å². The number of benzene rings is 2. The number of hydrogen-bond acceptors (Lipinski definition) is 8. The molecule has 54 heavy (non-hydrogen) atoms. The summed E-state index contributed by atoms with van der Waals surface area (Å²) in [5, 5.41) is 0.419. The van der Waals surface area contributed by atoms with Gasteiger partial charge >= 0.3 is 0 Å². The Kier molecular flexibility index (Phi) is 11.6. The summed E-state index contributed by atoms with van der Waals surface area (Å²) in [4.78, 5) is 33.8. The van der Waals surface area contributed by atoms with Gasteiger partial charge in [-0.25, -0.2) is 4.21 Å². The average molecular weight is 783 g/mol. The van der Waals surface area contributed by atoms with E-state index in [2.05, 4.69) is 39.4 Å². The number of amides is 2. The fourth-order valence-corrected chi connectivity index (χ4v) is 11.8. The van der Waals surface area contributed by atoms with Crippen LogP contribution >= 0.6 is 11.6 Å². The topological polar surface area (TPSA) is 101 Å². The van der Waals surface area contributed by atoms with Crippen molar-refractivity contribution in [2.45, 2.75) is 81.5 Å². The van der Waals surface area contributed by atoms with Crippen LogP contribution in [0.15, 0.2) is 36.4 Å². The van der Waals surface area contributed by atoms with E-state index in [4.69, 9.17) is 25.8 Å². The number of rotatable bonds is 6. The summed E-state index contributed by atoms with van der Waals surface area (Å²) < 4.78 is 35.7. The lowest BCUT2D eigenvalue weighted by atomic mass is 9.62. The molecule has 7 rings (SSSR count). The summed E-state index contributed by atoms with van der Waals surface area (Å²) in [6.07, 6.45) is 7.65. The van der Waals surface area contributed by atoms with Crippen LogP contribution in [0.4, 0.5) is 5.69 Å². The van der Waals surface area contributed by atoms with E-state index < -0.39 is 15.3 Å². The summed E-state index contributed by atoms with van der Waals surface area (Å²) in [6, 6.07) is 11.9. The Morgan fingerprint density at radius 1 is 1.06 bits per heavy atom. The van der Waals surface area contributed by atoms with Gasteiger partial charge in [0.15, 0.2) is 0 Å². The molecule has 0 radical (unpaired) electrons. The number of hydrogen-bond donors (Lipinski definition) is 1. The monoisotopic (exact) mass is 782 g/mol. The average Bonchev–Trinajstić information content (AvgIpc) is 3.28. The fourth-order valence-electron chi connectivity index (χ4n) is 10.1. The van der Waals surface area contributed by atoms with Crippen LogP contribution in [-0.2, 0) is 35.8 Å². The highest BCUT2D eigenvalue weighted by molar-refractivity contribution is 7.99. The third-order valence-electron chi connectivity index (χ3n) is 13.6. The number of carbonyl (C=O) groups excluding carboxylic acids is 2. The molecule has 1 N–H and O–H groups in total. The largest absolute Gasteiger partial charge is 0.490 e. The molecular weight excluding hydrogens is 724 g/mol. The maximum atomic E-state index is 14.1. The van der Waals surface area contributed by atoms with Crippen LogP contribution in [0.25, 0.3) is 0 Å². The highest BCUT2D eigenvalue weighted by Crippen LogP contribution is 2.50. The third-order valence-corrected chi connectivity index (χ3v) is 16.1. The zero-order valence-electron chi connectivity index (χ0n) is 32.6. The van der Waals surface area contributed by atoms with E-state index >= 15 is 0 Å². The third kappa shape index (κ3) is 7.77. The molecule has 1 spiro atoms. The van der Waals surface area contributed by atoms with Crippen LogP contribution in [0.2, 0.25) is 5.02 Å². The minimum absolute atomic E-state index is 0.0567. The molecule has 0 aromatic heterocycles. The van der Waals surface area contributed by atoms with Gasteiger partial charge in [0, 0.05) is 74.7 Å². The van der Waals surface area contributed by atoms with Crippen molar-refractivity contribution in [3.05, 3.63) is 58.1 Å². The van der Waals surface area contributed by atoms with Gasteiger partial charge in [-0.05, 0) is 117 Å². The number of carbonyl (C=O) groups is 2. The molecule has 10 nitrogen and oxygen atoms in total. The Balaban J connectivity index is 1.26. The molecule has 3 aliphatic heterocycles. The first-order valence-electron chi connectivity index (χ1n) is 19.9. The molecule has 2 aromatic rings. The minimum Gasteiger partial charge on any atom is -0.490 e. The number of nitrogens with zero attached hydrogens (tertiary/aromatic N) is 3. The molecule has 5 aliphatic rings. The van der Waals surface area contributed by atoms with Crippen LogP contribution in [0.3, 0.4) is 0 Å². The number of anilines is 1.